The van der Waals surface area contributed by atoms with Crippen LogP contribution in [0.5, 0.6) is 0 Å². The topological polar surface area (TPSA) is 95.6 Å². The molecule has 0 saturated carbocycles. The molecule has 2 aromatic rings. The van der Waals surface area contributed by atoms with E-state index in [-0.39, 0.29) is 35.5 Å². The van der Waals surface area contributed by atoms with E-state index in [9.17, 15) is 32.3 Å². The van der Waals surface area contributed by atoms with E-state index in [0.717, 1.165) is 11.0 Å². The second-order valence-corrected chi connectivity index (χ2v) is 6.14. The summed E-state index contributed by atoms with van der Waals surface area (Å²) < 4.78 is 36.9. The quantitative estimate of drug-likeness (QED) is 0.748. The zero-order chi connectivity index (χ0) is 21.2. The summed E-state index contributed by atoms with van der Waals surface area (Å²) in [5.41, 5.74) is 0.542. The molecular formula is C19H14F3N3O4. The van der Waals surface area contributed by atoms with Crippen molar-refractivity contribution >= 4 is 35.0 Å². The second-order valence-electron chi connectivity index (χ2n) is 6.14. The fourth-order valence-corrected chi connectivity index (χ4v) is 2.76. The van der Waals surface area contributed by atoms with E-state index in [1.165, 1.54) is 30.3 Å². The van der Waals surface area contributed by atoms with Crippen molar-refractivity contribution in [2.45, 2.75) is 12.6 Å². The molecule has 0 unspecified atom stereocenters. The molecule has 0 fully saturated rings. The van der Waals surface area contributed by atoms with E-state index in [4.69, 9.17) is 0 Å². The Hall–Kier alpha value is -3.69. The molecule has 0 atom stereocenters. The molecule has 4 amide bonds. The lowest BCUT2D eigenvalue weighted by atomic mass is 10.1. The van der Waals surface area contributed by atoms with Gasteiger partial charge in [0.1, 0.15) is 0 Å². The molecule has 0 radical (unpaired) electrons. The monoisotopic (exact) mass is 405 g/mol. The maximum Gasteiger partial charge on any atom is 0.471 e. The second kappa shape index (κ2) is 7.74. The van der Waals surface area contributed by atoms with Gasteiger partial charge in [0, 0.05) is 24.3 Å². The standard InChI is InChI=1S/C19H14F3N3O4/c20-19(21,22)18(29)24-12-5-3-4-11(10-12)23-15(26)8-9-25-16(27)13-6-1-2-7-14(13)17(25)28/h1-7,10H,8-9H2,(H,23,26)(H,24,29). The molecular weight excluding hydrogens is 391 g/mol. The Balaban J connectivity index is 1.58. The van der Waals surface area contributed by atoms with Crippen molar-refractivity contribution < 1.29 is 32.3 Å². The van der Waals surface area contributed by atoms with Gasteiger partial charge in [0.2, 0.25) is 5.91 Å². The van der Waals surface area contributed by atoms with Gasteiger partial charge in [-0.3, -0.25) is 24.1 Å². The Morgan fingerprint density at radius 2 is 1.41 bits per heavy atom. The molecule has 1 aliphatic rings. The van der Waals surface area contributed by atoms with Crippen LogP contribution in [-0.4, -0.2) is 41.2 Å². The lowest BCUT2D eigenvalue weighted by Gasteiger charge is -2.14. The number of nitrogens with zero attached hydrogens (tertiary/aromatic N) is 1. The Morgan fingerprint density at radius 3 is 1.97 bits per heavy atom. The summed E-state index contributed by atoms with van der Waals surface area (Å²) in [7, 11) is 0. The number of alkyl halides is 3. The summed E-state index contributed by atoms with van der Waals surface area (Å²) in [6.45, 7) is -0.150. The van der Waals surface area contributed by atoms with Crippen molar-refractivity contribution in [3.63, 3.8) is 0 Å². The van der Waals surface area contributed by atoms with Crippen LogP contribution in [0.25, 0.3) is 0 Å². The van der Waals surface area contributed by atoms with Crippen molar-refractivity contribution in [2.75, 3.05) is 17.2 Å². The van der Waals surface area contributed by atoms with E-state index in [0.29, 0.717) is 0 Å². The van der Waals surface area contributed by atoms with Gasteiger partial charge in [-0.05, 0) is 30.3 Å². The fraction of sp³-hybridized carbons (Fsp3) is 0.158. The number of halogens is 3. The number of benzene rings is 2. The zero-order valence-electron chi connectivity index (χ0n) is 14.7. The fourth-order valence-electron chi connectivity index (χ4n) is 2.76. The molecule has 3 rings (SSSR count). The van der Waals surface area contributed by atoms with Gasteiger partial charge in [-0.15, -0.1) is 0 Å². The predicted molar refractivity (Wildman–Crippen MR) is 96.2 cm³/mol. The maximum absolute atomic E-state index is 12.3. The Labute approximate surface area is 162 Å². The molecule has 0 saturated heterocycles. The van der Waals surface area contributed by atoms with Crippen molar-refractivity contribution in [3.8, 4) is 0 Å². The summed E-state index contributed by atoms with van der Waals surface area (Å²) in [5.74, 6) is -3.67. The van der Waals surface area contributed by atoms with Gasteiger partial charge in [-0.1, -0.05) is 18.2 Å². The minimum Gasteiger partial charge on any atom is -0.326 e. The third-order valence-electron chi connectivity index (χ3n) is 4.10. The largest absolute Gasteiger partial charge is 0.471 e. The van der Waals surface area contributed by atoms with E-state index in [2.05, 4.69) is 5.32 Å². The normalized spacial score (nSPS) is 13.3. The van der Waals surface area contributed by atoms with Gasteiger partial charge in [0.25, 0.3) is 11.8 Å². The molecule has 150 valence electrons. The van der Waals surface area contributed by atoms with Crippen LogP contribution in [0, 0.1) is 0 Å². The van der Waals surface area contributed by atoms with Crippen molar-refractivity contribution in [1.82, 2.24) is 4.90 Å². The van der Waals surface area contributed by atoms with Crippen LogP contribution < -0.4 is 10.6 Å². The molecule has 0 bridgehead atoms. The Morgan fingerprint density at radius 1 is 0.862 bits per heavy atom. The smallest absolute Gasteiger partial charge is 0.326 e. The van der Waals surface area contributed by atoms with Gasteiger partial charge < -0.3 is 10.6 Å². The van der Waals surface area contributed by atoms with Crippen molar-refractivity contribution in [3.05, 3.63) is 59.7 Å². The van der Waals surface area contributed by atoms with E-state index >= 15 is 0 Å². The average Bonchev–Trinajstić information content (AvgIpc) is 2.90. The van der Waals surface area contributed by atoms with Gasteiger partial charge in [-0.25, -0.2) is 0 Å². The van der Waals surface area contributed by atoms with Crippen LogP contribution in [0.2, 0.25) is 0 Å². The van der Waals surface area contributed by atoms with Crippen molar-refractivity contribution in [2.24, 2.45) is 0 Å². The van der Waals surface area contributed by atoms with Gasteiger partial charge in [0.15, 0.2) is 0 Å². The van der Waals surface area contributed by atoms with Crippen LogP contribution in [-0.2, 0) is 9.59 Å². The molecule has 29 heavy (non-hydrogen) atoms. The SMILES string of the molecule is O=C(CCN1C(=O)c2ccccc2C1=O)Nc1cccc(NC(=O)C(F)(F)F)c1. The number of anilines is 2. The number of hydrogen-bond donors (Lipinski definition) is 2. The number of imide groups is 1. The number of carbonyl (C=O) groups excluding carboxylic acids is 4. The van der Waals surface area contributed by atoms with Crippen LogP contribution in [0.1, 0.15) is 27.1 Å². The molecule has 2 aromatic carbocycles. The van der Waals surface area contributed by atoms with Crippen LogP contribution >= 0.6 is 0 Å². The third-order valence-corrected chi connectivity index (χ3v) is 4.10. The average molecular weight is 405 g/mol. The number of nitrogens with one attached hydrogen (secondary N) is 2. The highest BCUT2D eigenvalue weighted by atomic mass is 19.4. The first-order chi connectivity index (χ1) is 13.7. The summed E-state index contributed by atoms with van der Waals surface area (Å²) in [4.78, 5) is 48.6. The summed E-state index contributed by atoms with van der Waals surface area (Å²) >= 11 is 0. The molecule has 2 N–H and O–H groups in total. The van der Waals surface area contributed by atoms with E-state index in [1.807, 2.05) is 0 Å². The number of rotatable bonds is 5. The third kappa shape index (κ3) is 4.42. The molecule has 1 heterocycles. The molecule has 7 nitrogen and oxygen atoms in total. The lowest BCUT2D eigenvalue weighted by Crippen LogP contribution is -2.32. The number of carbonyl (C=O) groups is 4. The molecule has 10 heteroatoms. The van der Waals surface area contributed by atoms with Crippen LogP contribution in [0.3, 0.4) is 0 Å². The minimum absolute atomic E-state index is 0.148. The number of hydrogen-bond acceptors (Lipinski definition) is 4. The predicted octanol–water partition coefficient (Wildman–Crippen LogP) is 2.81. The molecule has 0 aromatic heterocycles. The maximum atomic E-state index is 12.3. The summed E-state index contributed by atoms with van der Waals surface area (Å²) in [5, 5.41) is 4.13. The summed E-state index contributed by atoms with van der Waals surface area (Å²) in [6.07, 6.45) is -5.24. The Kier molecular flexibility index (Phi) is 5.35. The molecule has 1 aliphatic heterocycles. The highest BCUT2D eigenvalue weighted by molar-refractivity contribution is 6.21. The summed E-state index contributed by atoms with van der Waals surface area (Å²) in [6, 6.07) is 11.5. The first kappa shape index (κ1) is 20.1. The zero-order valence-corrected chi connectivity index (χ0v) is 14.7. The van der Waals surface area contributed by atoms with Crippen molar-refractivity contribution in [1.29, 1.82) is 0 Å². The first-order valence-corrected chi connectivity index (χ1v) is 8.40. The highest BCUT2D eigenvalue weighted by Gasteiger charge is 2.38. The molecule has 0 spiro atoms. The highest BCUT2D eigenvalue weighted by Crippen LogP contribution is 2.23. The van der Waals surface area contributed by atoms with Gasteiger partial charge in [0.05, 0.1) is 11.1 Å². The van der Waals surface area contributed by atoms with Crippen LogP contribution in [0.4, 0.5) is 24.5 Å². The van der Waals surface area contributed by atoms with Gasteiger partial charge >= 0.3 is 12.1 Å². The number of amides is 4. The number of fused-ring (bicyclic) bond motifs is 1. The first-order valence-electron chi connectivity index (χ1n) is 8.40. The molecule has 0 aliphatic carbocycles. The lowest BCUT2D eigenvalue weighted by molar-refractivity contribution is -0.167. The van der Waals surface area contributed by atoms with Crippen LogP contribution in [0.15, 0.2) is 48.5 Å². The van der Waals surface area contributed by atoms with Gasteiger partial charge in [-0.2, -0.15) is 13.2 Å². The van der Waals surface area contributed by atoms with E-state index in [1.54, 1.807) is 17.4 Å². The van der Waals surface area contributed by atoms with E-state index < -0.39 is 29.8 Å². The minimum atomic E-state index is -5.04. The Bertz CT molecular complexity index is 969.